The highest BCUT2D eigenvalue weighted by Gasteiger charge is 2.25. The number of nitrogens with one attached hydrogen (secondary N) is 1. The topological polar surface area (TPSA) is 49.4 Å². The summed E-state index contributed by atoms with van der Waals surface area (Å²) >= 11 is 0. The lowest BCUT2D eigenvalue weighted by molar-refractivity contribution is -0.139. The van der Waals surface area contributed by atoms with E-state index in [1.54, 1.807) is 31.0 Å². The largest absolute Gasteiger partial charge is 0.357 e. The third-order valence-corrected chi connectivity index (χ3v) is 4.12. The molecular weight excluding hydrogens is 319 g/mol. The number of likely N-dealkylation sites (N-methyl/N-ethyl adjacent to an activating group) is 1. The molecule has 0 radical (unpaired) electrons. The summed E-state index contributed by atoms with van der Waals surface area (Å²) in [6, 6.07) is 13.1. The molecule has 0 aliphatic rings. The molecule has 5 heteroatoms. The highest BCUT2D eigenvalue weighted by molar-refractivity contribution is 5.88. The van der Waals surface area contributed by atoms with E-state index in [1.165, 1.54) is 12.1 Å². The maximum atomic E-state index is 13.0. The quantitative estimate of drug-likeness (QED) is 0.878. The predicted octanol–water partition coefficient (Wildman–Crippen LogP) is 2.84. The van der Waals surface area contributed by atoms with E-state index in [4.69, 9.17) is 0 Å². The Balaban J connectivity index is 2.21. The Labute approximate surface area is 147 Å². The summed E-state index contributed by atoms with van der Waals surface area (Å²) in [5.74, 6) is -0.740. The molecule has 0 spiro atoms. The van der Waals surface area contributed by atoms with Gasteiger partial charge in [-0.3, -0.25) is 9.59 Å². The molecule has 4 nitrogen and oxygen atoms in total. The van der Waals surface area contributed by atoms with E-state index in [0.29, 0.717) is 12.1 Å². The van der Waals surface area contributed by atoms with Gasteiger partial charge in [0.05, 0.1) is 6.42 Å². The first kappa shape index (κ1) is 18.6. The van der Waals surface area contributed by atoms with Gasteiger partial charge in [0.2, 0.25) is 11.8 Å². The molecule has 0 bridgehead atoms. The van der Waals surface area contributed by atoms with Crippen molar-refractivity contribution < 1.29 is 14.0 Å². The summed E-state index contributed by atoms with van der Waals surface area (Å²) < 4.78 is 13.0. The average molecular weight is 342 g/mol. The molecule has 25 heavy (non-hydrogen) atoms. The molecule has 0 saturated carbocycles. The molecule has 0 aliphatic heterocycles. The molecule has 2 rings (SSSR count). The van der Waals surface area contributed by atoms with Gasteiger partial charge < -0.3 is 10.2 Å². The van der Waals surface area contributed by atoms with Crippen molar-refractivity contribution >= 4 is 11.8 Å². The van der Waals surface area contributed by atoms with Crippen molar-refractivity contribution in [3.63, 3.8) is 0 Å². The van der Waals surface area contributed by atoms with E-state index in [1.807, 2.05) is 31.2 Å². The maximum Gasteiger partial charge on any atom is 0.242 e. The van der Waals surface area contributed by atoms with E-state index in [9.17, 15) is 14.0 Å². The van der Waals surface area contributed by atoms with Crippen LogP contribution in [0.4, 0.5) is 4.39 Å². The van der Waals surface area contributed by atoms with Crippen molar-refractivity contribution in [2.24, 2.45) is 0 Å². The van der Waals surface area contributed by atoms with Crippen LogP contribution in [0.1, 0.15) is 23.6 Å². The van der Waals surface area contributed by atoms with Crippen LogP contribution in [0.15, 0.2) is 48.5 Å². The molecule has 2 aromatic carbocycles. The van der Waals surface area contributed by atoms with Gasteiger partial charge >= 0.3 is 0 Å². The minimum atomic E-state index is -0.599. The number of hydrogen-bond donors (Lipinski definition) is 1. The molecule has 0 saturated heterocycles. The van der Waals surface area contributed by atoms with E-state index >= 15 is 0 Å². The zero-order valence-electron chi connectivity index (χ0n) is 14.8. The zero-order chi connectivity index (χ0) is 18.4. The van der Waals surface area contributed by atoms with Crippen molar-refractivity contribution in [1.29, 1.82) is 0 Å². The van der Waals surface area contributed by atoms with Crippen LogP contribution in [0.25, 0.3) is 0 Å². The lowest BCUT2D eigenvalue weighted by Crippen LogP contribution is -2.47. The molecule has 2 amide bonds. The smallest absolute Gasteiger partial charge is 0.242 e. The Hall–Kier alpha value is -2.69. The van der Waals surface area contributed by atoms with Crippen LogP contribution in [0.3, 0.4) is 0 Å². The van der Waals surface area contributed by atoms with Crippen LogP contribution in [0, 0.1) is 12.7 Å². The number of carbonyl (C=O) groups is 2. The number of nitrogens with zero attached hydrogens (tertiary/aromatic N) is 1. The summed E-state index contributed by atoms with van der Waals surface area (Å²) in [6.07, 6.45) is 0.118. The number of hydrogen-bond acceptors (Lipinski definition) is 2. The number of amides is 2. The SMILES string of the molecule is CNC(=O)[C@H](C)N(Cc1cccc(C)c1)C(=O)Cc1ccc(F)cc1. The van der Waals surface area contributed by atoms with Gasteiger partial charge in [-0.25, -0.2) is 4.39 Å². The monoisotopic (exact) mass is 342 g/mol. The Bertz CT molecular complexity index is 744. The van der Waals surface area contributed by atoms with Crippen LogP contribution >= 0.6 is 0 Å². The number of benzene rings is 2. The average Bonchev–Trinajstić information content (AvgIpc) is 2.60. The zero-order valence-corrected chi connectivity index (χ0v) is 14.8. The minimum Gasteiger partial charge on any atom is -0.357 e. The molecule has 0 heterocycles. The Kier molecular flexibility index (Phi) is 6.28. The lowest BCUT2D eigenvalue weighted by Gasteiger charge is -2.28. The van der Waals surface area contributed by atoms with Crippen molar-refractivity contribution in [2.45, 2.75) is 32.9 Å². The first-order chi connectivity index (χ1) is 11.9. The molecule has 0 aliphatic carbocycles. The molecular formula is C20H23FN2O2. The van der Waals surface area contributed by atoms with Gasteiger partial charge in [-0.2, -0.15) is 0 Å². The maximum absolute atomic E-state index is 13.0. The van der Waals surface area contributed by atoms with Crippen LogP contribution in [0.2, 0.25) is 0 Å². The first-order valence-corrected chi connectivity index (χ1v) is 8.21. The molecule has 0 fully saturated rings. The fraction of sp³-hybridized carbons (Fsp3) is 0.300. The van der Waals surface area contributed by atoms with Crippen LogP contribution in [-0.4, -0.2) is 29.8 Å². The Morgan fingerprint density at radius 1 is 1.12 bits per heavy atom. The van der Waals surface area contributed by atoms with E-state index < -0.39 is 6.04 Å². The summed E-state index contributed by atoms with van der Waals surface area (Å²) in [4.78, 5) is 26.4. The number of carbonyl (C=O) groups excluding carboxylic acids is 2. The summed E-state index contributed by atoms with van der Waals surface area (Å²) in [6.45, 7) is 4.03. The van der Waals surface area contributed by atoms with Crippen molar-refractivity contribution in [2.75, 3.05) is 7.05 Å². The second-order valence-electron chi connectivity index (χ2n) is 6.10. The van der Waals surface area contributed by atoms with Gasteiger partial charge in [-0.15, -0.1) is 0 Å². The van der Waals surface area contributed by atoms with Gasteiger partial charge in [0, 0.05) is 13.6 Å². The Morgan fingerprint density at radius 3 is 2.40 bits per heavy atom. The number of rotatable bonds is 6. The summed E-state index contributed by atoms with van der Waals surface area (Å²) in [5, 5.41) is 2.59. The van der Waals surface area contributed by atoms with Gasteiger partial charge in [0.15, 0.2) is 0 Å². The van der Waals surface area contributed by atoms with Crippen molar-refractivity contribution in [3.8, 4) is 0 Å². The molecule has 132 valence electrons. The molecule has 0 unspecified atom stereocenters. The van der Waals surface area contributed by atoms with E-state index in [-0.39, 0.29) is 24.1 Å². The van der Waals surface area contributed by atoms with Crippen molar-refractivity contribution in [1.82, 2.24) is 10.2 Å². The van der Waals surface area contributed by atoms with Crippen LogP contribution in [0.5, 0.6) is 0 Å². The van der Waals surface area contributed by atoms with Gasteiger partial charge in [0.1, 0.15) is 11.9 Å². The second kappa shape index (κ2) is 8.42. The molecule has 0 aromatic heterocycles. The third kappa shape index (κ3) is 5.14. The Morgan fingerprint density at radius 2 is 1.80 bits per heavy atom. The van der Waals surface area contributed by atoms with Gasteiger partial charge in [0.25, 0.3) is 0 Å². The predicted molar refractivity (Wildman–Crippen MR) is 95.4 cm³/mol. The number of halogens is 1. The van der Waals surface area contributed by atoms with Crippen molar-refractivity contribution in [3.05, 3.63) is 71.0 Å². The lowest BCUT2D eigenvalue weighted by atomic mass is 10.1. The first-order valence-electron chi connectivity index (χ1n) is 8.21. The van der Waals surface area contributed by atoms with Gasteiger partial charge in [-0.05, 0) is 37.1 Å². The third-order valence-electron chi connectivity index (χ3n) is 4.12. The number of aryl methyl sites for hydroxylation is 1. The molecule has 2 aromatic rings. The fourth-order valence-electron chi connectivity index (χ4n) is 2.68. The van der Waals surface area contributed by atoms with Gasteiger partial charge in [-0.1, -0.05) is 42.0 Å². The molecule has 1 atom stereocenters. The minimum absolute atomic E-state index is 0.118. The standard InChI is InChI=1S/C20H23FN2O2/c1-14-5-4-6-17(11-14)13-23(15(2)20(25)22-3)19(24)12-16-7-9-18(21)10-8-16/h4-11,15H,12-13H2,1-3H3,(H,22,25)/t15-/m0/s1. The second-order valence-corrected chi connectivity index (χ2v) is 6.10. The normalized spacial score (nSPS) is 11.7. The summed E-state index contributed by atoms with van der Waals surface area (Å²) in [7, 11) is 1.55. The molecule has 1 N–H and O–H groups in total. The van der Waals surface area contributed by atoms with E-state index in [2.05, 4.69) is 5.32 Å². The highest BCUT2D eigenvalue weighted by atomic mass is 19.1. The highest BCUT2D eigenvalue weighted by Crippen LogP contribution is 2.14. The van der Waals surface area contributed by atoms with E-state index in [0.717, 1.165) is 11.1 Å². The summed E-state index contributed by atoms with van der Waals surface area (Å²) in [5.41, 5.74) is 2.77. The van der Waals surface area contributed by atoms with Crippen LogP contribution < -0.4 is 5.32 Å². The van der Waals surface area contributed by atoms with Crippen LogP contribution in [-0.2, 0) is 22.6 Å². The fourth-order valence-corrected chi connectivity index (χ4v) is 2.68.